The molecule has 1 fully saturated rings. The maximum absolute atomic E-state index is 10.8. The van der Waals surface area contributed by atoms with E-state index in [0.717, 1.165) is 17.3 Å². The molecule has 0 N–H and O–H groups in total. The SMILES string of the molecule is CC1(C)OB(C(=Cc2ccc(C=O)cc2Cl)CS)OC1(C)C. The number of carbonyl (C=O) groups excluding carboxylic acids is 1. The van der Waals surface area contributed by atoms with Crippen molar-refractivity contribution in [2.75, 3.05) is 5.75 Å². The largest absolute Gasteiger partial charge is 0.491 e. The quantitative estimate of drug-likeness (QED) is 0.510. The number of hydrogen-bond donors (Lipinski definition) is 1. The molecule has 0 aliphatic carbocycles. The molecule has 0 bridgehead atoms. The van der Waals surface area contributed by atoms with E-state index < -0.39 is 18.3 Å². The van der Waals surface area contributed by atoms with Gasteiger partial charge in [-0.1, -0.05) is 29.8 Å². The molecule has 118 valence electrons. The molecule has 0 aromatic heterocycles. The van der Waals surface area contributed by atoms with Crippen molar-refractivity contribution in [2.24, 2.45) is 0 Å². The Morgan fingerprint density at radius 2 is 1.86 bits per heavy atom. The average Bonchev–Trinajstić information content (AvgIpc) is 2.65. The second kappa shape index (κ2) is 6.40. The highest BCUT2D eigenvalue weighted by molar-refractivity contribution is 7.80. The van der Waals surface area contributed by atoms with Gasteiger partial charge in [-0.15, -0.1) is 0 Å². The van der Waals surface area contributed by atoms with Gasteiger partial charge in [0.05, 0.1) is 11.2 Å². The second-order valence-electron chi connectivity index (χ2n) is 6.36. The highest BCUT2D eigenvalue weighted by Crippen LogP contribution is 2.39. The van der Waals surface area contributed by atoms with Crippen LogP contribution >= 0.6 is 24.2 Å². The molecular formula is C16H20BClO3S. The zero-order chi connectivity index (χ0) is 16.5. The molecule has 0 spiro atoms. The highest BCUT2D eigenvalue weighted by atomic mass is 35.5. The highest BCUT2D eigenvalue weighted by Gasteiger charge is 2.52. The summed E-state index contributed by atoms with van der Waals surface area (Å²) in [6, 6.07) is 5.17. The zero-order valence-corrected chi connectivity index (χ0v) is 14.9. The van der Waals surface area contributed by atoms with E-state index in [-0.39, 0.29) is 0 Å². The predicted molar refractivity (Wildman–Crippen MR) is 94.8 cm³/mol. The Kier molecular flexibility index (Phi) is 5.12. The minimum atomic E-state index is -0.454. The zero-order valence-electron chi connectivity index (χ0n) is 13.2. The van der Waals surface area contributed by atoms with Crippen LogP contribution in [0.1, 0.15) is 43.6 Å². The lowest BCUT2D eigenvalue weighted by atomic mass is 9.78. The minimum Gasteiger partial charge on any atom is -0.400 e. The third kappa shape index (κ3) is 3.43. The molecule has 0 radical (unpaired) electrons. The number of thiol groups is 1. The van der Waals surface area contributed by atoms with Crippen molar-refractivity contribution in [3.63, 3.8) is 0 Å². The van der Waals surface area contributed by atoms with Gasteiger partial charge >= 0.3 is 7.12 Å². The number of aldehydes is 1. The number of carbonyl (C=O) groups is 1. The Bertz CT molecular complexity index is 597. The first kappa shape index (κ1) is 17.6. The molecule has 0 amide bonds. The van der Waals surface area contributed by atoms with Crippen molar-refractivity contribution in [2.45, 2.75) is 38.9 Å². The van der Waals surface area contributed by atoms with Gasteiger partial charge < -0.3 is 9.31 Å². The van der Waals surface area contributed by atoms with Crippen LogP contribution in [0.5, 0.6) is 0 Å². The first-order chi connectivity index (χ1) is 10.2. The topological polar surface area (TPSA) is 35.5 Å². The molecule has 1 aliphatic heterocycles. The molecule has 1 aromatic carbocycles. The predicted octanol–water partition coefficient (Wildman–Crippen LogP) is 4.10. The van der Waals surface area contributed by atoms with Gasteiger partial charge in [-0.25, -0.2) is 0 Å². The fourth-order valence-electron chi connectivity index (χ4n) is 2.12. The van der Waals surface area contributed by atoms with Crippen LogP contribution in [0.15, 0.2) is 23.7 Å². The van der Waals surface area contributed by atoms with Gasteiger partial charge in [0.1, 0.15) is 6.29 Å². The first-order valence-electron chi connectivity index (χ1n) is 7.12. The Morgan fingerprint density at radius 3 is 2.32 bits per heavy atom. The monoisotopic (exact) mass is 338 g/mol. The molecule has 6 heteroatoms. The summed E-state index contributed by atoms with van der Waals surface area (Å²) in [4.78, 5) is 10.8. The van der Waals surface area contributed by atoms with Crippen LogP contribution in [-0.4, -0.2) is 30.4 Å². The van der Waals surface area contributed by atoms with Crippen molar-refractivity contribution < 1.29 is 14.1 Å². The molecule has 2 rings (SSSR count). The van der Waals surface area contributed by atoms with Crippen LogP contribution in [0.3, 0.4) is 0 Å². The van der Waals surface area contributed by atoms with Crippen molar-refractivity contribution in [3.05, 3.63) is 39.8 Å². The fraction of sp³-hybridized carbons (Fsp3) is 0.438. The molecule has 1 saturated heterocycles. The second-order valence-corrected chi connectivity index (χ2v) is 7.09. The lowest BCUT2D eigenvalue weighted by molar-refractivity contribution is 0.00578. The maximum Gasteiger partial charge on any atom is 0.491 e. The Hall–Kier alpha value is -0.745. The van der Waals surface area contributed by atoms with Crippen LogP contribution in [-0.2, 0) is 9.31 Å². The Balaban J connectivity index is 2.31. The Morgan fingerprint density at radius 1 is 1.27 bits per heavy atom. The van der Waals surface area contributed by atoms with E-state index in [1.807, 2.05) is 33.8 Å². The number of hydrogen-bond acceptors (Lipinski definition) is 4. The summed E-state index contributed by atoms with van der Waals surface area (Å²) in [7, 11) is -0.454. The van der Waals surface area contributed by atoms with E-state index >= 15 is 0 Å². The molecule has 1 aromatic rings. The molecule has 22 heavy (non-hydrogen) atoms. The van der Waals surface area contributed by atoms with E-state index in [9.17, 15) is 4.79 Å². The van der Waals surface area contributed by atoms with Crippen LogP contribution in [0.4, 0.5) is 0 Å². The van der Waals surface area contributed by atoms with Gasteiger partial charge in [-0.2, -0.15) is 12.6 Å². The summed E-state index contributed by atoms with van der Waals surface area (Å²) in [5.74, 6) is 0.489. The summed E-state index contributed by atoms with van der Waals surface area (Å²) in [6.45, 7) is 8.04. The summed E-state index contributed by atoms with van der Waals surface area (Å²) >= 11 is 10.6. The van der Waals surface area contributed by atoms with E-state index in [0.29, 0.717) is 16.3 Å². The molecule has 1 aliphatic rings. The van der Waals surface area contributed by atoms with Gasteiger partial charge in [-0.05, 0) is 44.8 Å². The van der Waals surface area contributed by atoms with Gasteiger partial charge in [0.25, 0.3) is 0 Å². The van der Waals surface area contributed by atoms with Crippen molar-refractivity contribution in [3.8, 4) is 0 Å². The van der Waals surface area contributed by atoms with Crippen LogP contribution in [0.25, 0.3) is 6.08 Å². The van der Waals surface area contributed by atoms with Crippen molar-refractivity contribution in [1.29, 1.82) is 0 Å². The van der Waals surface area contributed by atoms with Crippen LogP contribution in [0.2, 0.25) is 5.02 Å². The lowest BCUT2D eigenvalue weighted by Gasteiger charge is -2.32. The van der Waals surface area contributed by atoms with Gasteiger partial charge in [0, 0.05) is 16.3 Å². The third-order valence-electron chi connectivity index (χ3n) is 4.24. The van der Waals surface area contributed by atoms with E-state index in [1.54, 1.807) is 18.2 Å². The van der Waals surface area contributed by atoms with E-state index in [1.165, 1.54) is 0 Å². The van der Waals surface area contributed by atoms with Crippen LogP contribution < -0.4 is 0 Å². The first-order valence-corrected chi connectivity index (χ1v) is 8.13. The van der Waals surface area contributed by atoms with Crippen molar-refractivity contribution in [1.82, 2.24) is 0 Å². The van der Waals surface area contributed by atoms with Crippen LogP contribution in [0, 0.1) is 0 Å². The minimum absolute atomic E-state index is 0.398. The Labute approximate surface area is 142 Å². The smallest absolute Gasteiger partial charge is 0.400 e. The van der Waals surface area contributed by atoms with E-state index in [4.69, 9.17) is 20.9 Å². The van der Waals surface area contributed by atoms with Gasteiger partial charge in [0.15, 0.2) is 0 Å². The molecule has 0 unspecified atom stereocenters. The summed E-state index contributed by atoms with van der Waals surface area (Å²) in [5, 5.41) is 0.514. The number of halogens is 1. The maximum atomic E-state index is 10.8. The molecule has 3 nitrogen and oxygen atoms in total. The van der Waals surface area contributed by atoms with Crippen molar-refractivity contribution >= 4 is 43.7 Å². The normalized spacial score (nSPS) is 20.3. The third-order valence-corrected chi connectivity index (χ3v) is 4.93. The summed E-state index contributed by atoms with van der Waals surface area (Å²) in [5.41, 5.74) is 1.45. The average molecular weight is 339 g/mol. The summed E-state index contributed by atoms with van der Waals surface area (Å²) < 4.78 is 12.1. The molecular weight excluding hydrogens is 319 g/mol. The molecule has 0 saturated carbocycles. The van der Waals surface area contributed by atoms with Gasteiger partial charge in [-0.3, -0.25) is 4.79 Å². The summed E-state index contributed by atoms with van der Waals surface area (Å²) in [6.07, 6.45) is 2.68. The number of benzene rings is 1. The van der Waals surface area contributed by atoms with E-state index in [2.05, 4.69) is 12.6 Å². The standard InChI is InChI=1S/C16H20BClO3S/c1-15(2)16(3,4)21-17(20-15)13(10-22)8-12-6-5-11(9-19)7-14(12)18/h5-9,22H,10H2,1-4H3. The lowest BCUT2D eigenvalue weighted by Crippen LogP contribution is -2.41. The molecule has 0 atom stereocenters. The molecule has 1 heterocycles. The fourth-order valence-corrected chi connectivity index (χ4v) is 2.60. The number of rotatable bonds is 4. The van der Waals surface area contributed by atoms with Gasteiger partial charge in [0.2, 0.25) is 0 Å².